The average Bonchev–Trinajstić information content (AvgIpc) is 3.06. The Labute approximate surface area is 149 Å². The molecule has 0 aliphatic heterocycles. The number of esters is 1. The largest absolute Gasteiger partial charge is 0.462 e. The Kier molecular flexibility index (Phi) is 6.01. The predicted molar refractivity (Wildman–Crippen MR) is 97.1 cm³/mol. The standard InChI is InChI=1S/C17H14N2O2S.BrH/c1-2-21-17(20)13-7-5-12(6-8-13)15-11-22-16(19-15)14-4-3-9-18-10-14;/h3-11H,2H2,1H3;1H. The average molecular weight is 391 g/mol. The Morgan fingerprint density at radius 1 is 1.17 bits per heavy atom. The third-order valence-electron chi connectivity index (χ3n) is 3.10. The van der Waals surface area contributed by atoms with Crippen LogP contribution in [0.5, 0.6) is 0 Å². The number of carbonyl (C=O) groups is 1. The van der Waals surface area contributed by atoms with Crippen LogP contribution >= 0.6 is 28.3 Å². The van der Waals surface area contributed by atoms with Crippen molar-refractivity contribution in [1.82, 2.24) is 9.97 Å². The number of hydrogen-bond donors (Lipinski definition) is 0. The number of nitrogens with zero attached hydrogens (tertiary/aromatic N) is 2. The molecule has 0 aliphatic rings. The first kappa shape index (κ1) is 17.3. The summed E-state index contributed by atoms with van der Waals surface area (Å²) < 4.78 is 4.98. The fourth-order valence-electron chi connectivity index (χ4n) is 2.02. The van der Waals surface area contributed by atoms with E-state index in [9.17, 15) is 4.79 Å². The van der Waals surface area contributed by atoms with Crippen molar-refractivity contribution in [2.75, 3.05) is 6.61 Å². The maximum Gasteiger partial charge on any atom is 0.338 e. The van der Waals surface area contributed by atoms with E-state index in [-0.39, 0.29) is 23.0 Å². The highest BCUT2D eigenvalue weighted by Crippen LogP contribution is 2.28. The molecule has 23 heavy (non-hydrogen) atoms. The molecule has 4 nitrogen and oxygen atoms in total. The van der Waals surface area contributed by atoms with Gasteiger partial charge in [-0.1, -0.05) is 12.1 Å². The van der Waals surface area contributed by atoms with Gasteiger partial charge in [-0.3, -0.25) is 4.98 Å². The van der Waals surface area contributed by atoms with Crippen LogP contribution in [0.3, 0.4) is 0 Å². The Bertz CT molecular complexity index is 773. The first-order chi connectivity index (χ1) is 10.8. The summed E-state index contributed by atoms with van der Waals surface area (Å²) in [6, 6.07) is 11.2. The minimum absolute atomic E-state index is 0. The van der Waals surface area contributed by atoms with Crippen molar-refractivity contribution >= 4 is 34.3 Å². The van der Waals surface area contributed by atoms with Gasteiger partial charge in [0, 0.05) is 28.9 Å². The van der Waals surface area contributed by atoms with Crippen LogP contribution in [0.1, 0.15) is 17.3 Å². The zero-order chi connectivity index (χ0) is 15.4. The van der Waals surface area contributed by atoms with Crippen LogP contribution in [0.15, 0.2) is 54.2 Å². The molecule has 0 unspecified atom stereocenters. The number of aromatic nitrogens is 2. The van der Waals surface area contributed by atoms with Gasteiger partial charge in [0.15, 0.2) is 0 Å². The molecule has 3 rings (SSSR count). The Morgan fingerprint density at radius 2 is 1.96 bits per heavy atom. The second-order valence-corrected chi connectivity index (χ2v) is 5.44. The number of rotatable bonds is 4. The van der Waals surface area contributed by atoms with Gasteiger partial charge in [0.1, 0.15) is 5.01 Å². The lowest BCUT2D eigenvalue weighted by Crippen LogP contribution is -2.03. The molecule has 0 radical (unpaired) electrons. The molecule has 0 aliphatic carbocycles. The maximum absolute atomic E-state index is 11.6. The summed E-state index contributed by atoms with van der Waals surface area (Å²) in [6.45, 7) is 2.17. The lowest BCUT2D eigenvalue weighted by Gasteiger charge is -2.02. The topological polar surface area (TPSA) is 52.1 Å². The summed E-state index contributed by atoms with van der Waals surface area (Å²) in [7, 11) is 0. The van der Waals surface area contributed by atoms with Crippen LogP contribution in [0.25, 0.3) is 21.8 Å². The zero-order valence-electron chi connectivity index (χ0n) is 12.4. The van der Waals surface area contributed by atoms with Gasteiger partial charge in [0.2, 0.25) is 0 Å². The van der Waals surface area contributed by atoms with Gasteiger partial charge < -0.3 is 4.74 Å². The first-order valence-corrected chi connectivity index (χ1v) is 7.79. The van der Waals surface area contributed by atoms with Gasteiger partial charge in [-0.05, 0) is 31.2 Å². The molecule has 0 atom stereocenters. The summed E-state index contributed by atoms with van der Waals surface area (Å²) in [5.41, 5.74) is 3.41. The van der Waals surface area contributed by atoms with E-state index < -0.39 is 0 Å². The maximum atomic E-state index is 11.6. The normalized spacial score (nSPS) is 9.96. The van der Waals surface area contributed by atoms with Crippen molar-refractivity contribution in [1.29, 1.82) is 0 Å². The summed E-state index contributed by atoms with van der Waals surface area (Å²) in [5, 5.41) is 2.93. The highest BCUT2D eigenvalue weighted by Gasteiger charge is 2.09. The van der Waals surface area contributed by atoms with Crippen molar-refractivity contribution in [2.45, 2.75) is 6.92 Å². The SMILES string of the molecule is Br.CCOC(=O)c1ccc(-c2csc(-c3cccnc3)n2)cc1. The molecular formula is C17H15BrN2O2S. The molecule has 0 N–H and O–H groups in total. The van der Waals surface area contributed by atoms with E-state index in [1.165, 1.54) is 0 Å². The fraction of sp³-hybridized carbons (Fsp3) is 0.118. The summed E-state index contributed by atoms with van der Waals surface area (Å²) in [6.07, 6.45) is 3.54. The number of carbonyl (C=O) groups excluding carboxylic acids is 1. The van der Waals surface area contributed by atoms with Crippen molar-refractivity contribution in [3.05, 3.63) is 59.7 Å². The number of benzene rings is 1. The molecule has 2 aromatic heterocycles. The third-order valence-corrected chi connectivity index (χ3v) is 4.00. The van der Waals surface area contributed by atoms with Crippen LogP contribution in [0.2, 0.25) is 0 Å². The number of thiazole rings is 1. The molecule has 0 bridgehead atoms. The van der Waals surface area contributed by atoms with Gasteiger partial charge in [0.25, 0.3) is 0 Å². The van der Waals surface area contributed by atoms with Gasteiger partial charge in [-0.25, -0.2) is 9.78 Å². The molecule has 0 saturated carbocycles. The highest BCUT2D eigenvalue weighted by molar-refractivity contribution is 8.93. The molecule has 0 fully saturated rings. The zero-order valence-corrected chi connectivity index (χ0v) is 15.0. The van der Waals surface area contributed by atoms with Gasteiger partial charge in [-0.15, -0.1) is 28.3 Å². The molecule has 2 heterocycles. The van der Waals surface area contributed by atoms with Crippen LogP contribution in [-0.2, 0) is 4.74 Å². The number of halogens is 1. The third kappa shape index (κ3) is 4.03. The number of hydrogen-bond acceptors (Lipinski definition) is 5. The minimum atomic E-state index is -0.302. The first-order valence-electron chi connectivity index (χ1n) is 6.91. The monoisotopic (exact) mass is 390 g/mol. The molecule has 0 spiro atoms. The van der Waals surface area contributed by atoms with Crippen LogP contribution in [0.4, 0.5) is 0 Å². The lowest BCUT2D eigenvalue weighted by atomic mass is 10.1. The van der Waals surface area contributed by atoms with Crippen LogP contribution in [0, 0.1) is 0 Å². The van der Waals surface area contributed by atoms with Crippen molar-refractivity contribution in [3.63, 3.8) is 0 Å². The molecule has 0 saturated heterocycles. The molecule has 118 valence electrons. The lowest BCUT2D eigenvalue weighted by molar-refractivity contribution is 0.0526. The Morgan fingerprint density at radius 3 is 2.61 bits per heavy atom. The Hall–Kier alpha value is -2.05. The molecule has 6 heteroatoms. The second-order valence-electron chi connectivity index (χ2n) is 4.58. The van der Waals surface area contributed by atoms with E-state index >= 15 is 0 Å². The molecule has 3 aromatic rings. The van der Waals surface area contributed by atoms with E-state index in [0.29, 0.717) is 12.2 Å². The summed E-state index contributed by atoms with van der Waals surface area (Å²) >= 11 is 1.57. The molecular weight excluding hydrogens is 376 g/mol. The minimum Gasteiger partial charge on any atom is -0.462 e. The number of ether oxygens (including phenoxy) is 1. The van der Waals surface area contributed by atoms with Crippen LogP contribution in [-0.4, -0.2) is 22.5 Å². The van der Waals surface area contributed by atoms with Gasteiger partial charge in [0.05, 0.1) is 17.9 Å². The summed E-state index contributed by atoms with van der Waals surface area (Å²) in [5.74, 6) is -0.302. The molecule has 0 amide bonds. The van der Waals surface area contributed by atoms with E-state index in [1.54, 1.807) is 42.8 Å². The molecule has 1 aromatic carbocycles. The van der Waals surface area contributed by atoms with Crippen LogP contribution < -0.4 is 0 Å². The smallest absolute Gasteiger partial charge is 0.338 e. The fourth-order valence-corrected chi connectivity index (χ4v) is 2.84. The van der Waals surface area contributed by atoms with Gasteiger partial charge in [-0.2, -0.15) is 0 Å². The van der Waals surface area contributed by atoms with E-state index in [4.69, 9.17) is 4.74 Å². The summed E-state index contributed by atoms with van der Waals surface area (Å²) in [4.78, 5) is 20.4. The second kappa shape index (κ2) is 7.99. The van der Waals surface area contributed by atoms with Gasteiger partial charge >= 0.3 is 5.97 Å². The van der Waals surface area contributed by atoms with Crippen molar-refractivity contribution < 1.29 is 9.53 Å². The van der Waals surface area contributed by atoms with Crippen molar-refractivity contribution in [3.8, 4) is 21.8 Å². The van der Waals surface area contributed by atoms with E-state index in [1.807, 2.05) is 29.6 Å². The number of pyridine rings is 1. The predicted octanol–water partition coefficient (Wildman–Crippen LogP) is 4.63. The van der Waals surface area contributed by atoms with E-state index in [2.05, 4.69) is 9.97 Å². The quantitative estimate of drug-likeness (QED) is 0.609. The Balaban J connectivity index is 0.00000192. The highest BCUT2D eigenvalue weighted by atomic mass is 79.9. The van der Waals surface area contributed by atoms with E-state index in [0.717, 1.165) is 21.8 Å². The van der Waals surface area contributed by atoms with Crippen molar-refractivity contribution in [2.24, 2.45) is 0 Å².